The fourth-order valence-electron chi connectivity index (χ4n) is 2.16. The summed E-state index contributed by atoms with van der Waals surface area (Å²) in [4.78, 5) is 0. The number of amidine groups is 1. The third-order valence-corrected chi connectivity index (χ3v) is 3.04. The van der Waals surface area contributed by atoms with Crippen molar-refractivity contribution in [1.82, 2.24) is 5.32 Å². The maximum Gasteiger partial charge on any atom is 0.0934 e. The van der Waals surface area contributed by atoms with Crippen molar-refractivity contribution >= 4 is 5.84 Å². The van der Waals surface area contributed by atoms with Gasteiger partial charge in [-0.1, -0.05) is 26.7 Å². The Morgan fingerprint density at radius 3 is 2.58 bits per heavy atom. The molecule has 0 saturated carbocycles. The van der Waals surface area contributed by atoms with Gasteiger partial charge in [0.25, 0.3) is 0 Å². The third-order valence-electron chi connectivity index (χ3n) is 3.04. The first kappa shape index (κ1) is 9.56. The summed E-state index contributed by atoms with van der Waals surface area (Å²) in [6.45, 7) is 5.52. The molecular weight excluding hydrogens is 148 g/mol. The molecule has 1 aliphatic heterocycles. The van der Waals surface area contributed by atoms with Crippen molar-refractivity contribution in [3.63, 3.8) is 0 Å². The van der Waals surface area contributed by atoms with Crippen LogP contribution in [-0.2, 0) is 0 Å². The van der Waals surface area contributed by atoms with Gasteiger partial charge in [0.2, 0.25) is 0 Å². The van der Waals surface area contributed by atoms with Gasteiger partial charge in [-0.3, -0.25) is 5.41 Å². The van der Waals surface area contributed by atoms with E-state index in [2.05, 4.69) is 19.2 Å². The van der Waals surface area contributed by atoms with Crippen LogP contribution < -0.4 is 5.32 Å². The van der Waals surface area contributed by atoms with Gasteiger partial charge < -0.3 is 5.32 Å². The lowest BCUT2D eigenvalue weighted by molar-refractivity contribution is 0.314. The van der Waals surface area contributed by atoms with Gasteiger partial charge in [0, 0.05) is 13.0 Å². The van der Waals surface area contributed by atoms with E-state index in [0.717, 1.165) is 30.6 Å². The van der Waals surface area contributed by atoms with Crippen molar-refractivity contribution in [2.24, 2.45) is 11.8 Å². The van der Waals surface area contributed by atoms with Crippen LogP contribution in [0.15, 0.2) is 0 Å². The van der Waals surface area contributed by atoms with Crippen molar-refractivity contribution in [2.75, 3.05) is 6.54 Å². The van der Waals surface area contributed by atoms with Crippen LogP contribution in [0.3, 0.4) is 0 Å². The van der Waals surface area contributed by atoms with Crippen LogP contribution >= 0.6 is 0 Å². The maximum absolute atomic E-state index is 7.62. The summed E-state index contributed by atoms with van der Waals surface area (Å²) in [6.07, 6.45) is 4.71. The highest BCUT2D eigenvalue weighted by atomic mass is 14.9. The quantitative estimate of drug-likeness (QED) is 0.652. The Bertz CT molecular complexity index is 154. The molecule has 2 atom stereocenters. The van der Waals surface area contributed by atoms with Crippen molar-refractivity contribution in [3.8, 4) is 0 Å². The SMILES string of the molecule is CCC1CCNC(=N)CC1CC. The summed E-state index contributed by atoms with van der Waals surface area (Å²) >= 11 is 0. The molecule has 1 heterocycles. The number of rotatable bonds is 2. The lowest BCUT2D eigenvalue weighted by atomic mass is 9.84. The van der Waals surface area contributed by atoms with Crippen molar-refractivity contribution in [1.29, 1.82) is 5.41 Å². The van der Waals surface area contributed by atoms with Crippen LogP contribution in [0.25, 0.3) is 0 Å². The smallest absolute Gasteiger partial charge is 0.0934 e. The van der Waals surface area contributed by atoms with Gasteiger partial charge >= 0.3 is 0 Å². The minimum atomic E-state index is 0.748. The van der Waals surface area contributed by atoms with E-state index in [4.69, 9.17) is 5.41 Å². The largest absolute Gasteiger partial charge is 0.374 e. The molecule has 0 aromatic carbocycles. The zero-order valence-electron chi connectivity index (χ0n) is 8.19. The monoisotopic (exact) mass is 168 g/mol. The Morgan fingerprint density at radius 2 is 2.00 bits per heavy atom. The summed E-state index contributed by atoms with van der Waals surface area (Å²) in [6, 6.07) is 0. The van der Waals surface area contributed by atoms with E-state index in [1.165, 1.54) is 19.3 Å². The van der Waals surface area contributed by atoms with Gasteiger partial charge in [0.15, 0.2) is 0 Å². The molecule has 0 aromatic heterocycles. The van der Waals surface area contributed by atoms with Crippen LogP contribution in [0.5, 0.6) is 0 Å². The molecule has 0 amide bonds. The van der Waals surface area contributed by atoms with E-state index >= 15 is 0 Å². The van der Waals surface area contributed by atoms with Gasteiger partial charge in [-0.2, -0.15) is 0 Å². The summed E-state index contributed by atoms with van der Waals surface area (Å²) in [5, 5.41) is 10.8. The first-order valence-corrected chi connectivity index (χ1v) is 5.09. The Kier molecular flexibility index (Phi) is 3.57. The molecular formula is C10H20N2. The summed E-state index contributed by atoms with van der Waals surface area (Å²) in [5.41, 5.74) is 0. The van der Waals surface area contributed by atoms with Crippen molar-refractivity contribution < 1.29 is 0 Å². The molecule has 2 nitrogen and oxygen atoms in total. The maximum atomic E-state index is 7.62. The van der Waals surface area contributed by atoms with Gasteiger partial charge in [0.05, 0.1) is 5.84 Å². The molecule has 2 unspecified atom stereocenters. The Hall–Kier alpha value is -0.530. The minimum Gasteiger partial charge on any atom is -0.374 e. The summed E-state index contributed by atoms with van der Waals surface area (Å²) < 4.78 is 0. The number of nitrogens with one attached hydrogen (secondary N) is 2. The van der Waals surface area contributed by atoms with E-state index < -0.39 is 0 Å². The topological polar surface area (TPSA) is 35.9 Å². The second-order valence-corrected chi connectivity index (χ2v) is 3.73. The normalized spacial score (nSPS) is 31.0. The van der Waals surface area contributed by atoms with E-state index in [0.29, 0.717) is 0 Å². The standard InChI is InChI=1S/C10H20N2/c1-3-8-5-6-12-10(11)7-9(8)4-2/h8-9H,3-7H2,1-2H3,(H2,11,12). The molecule has 70 valence electrons. The first-order chi connectivity index (χ1) is 5.77. The molecule has 2 N–H and O–H groups in total. The summed E-state index contributed by atoms with van der Waals surface area (Å²) in [7, 11) is 0. The Balaban J connectivity index is 2.55. The average Bonchev–Trinajstić information content (AvgIpc) is 2.26. The summed E-state index contributed by atoms with van der Waals surface area (Å²) in [5.74, 6) is 2.33. The molecule has 0 aliphatic carbocycles. The van der Waals surface area contributed by atoms with E-state index in [1.54, 1.807) is 0 Å². The highest BCUT2D eigenvalue weighted by Gasteiger charge is 2.22. The predicted molar refractivity (Wildman–Crippen MR) is 52.5 cm³/mol. The molecule has 0 spiro atoms. The van der Waals surface area contributed by atoms with E-state index in [-0.39, 0.29) is 0 Å². The van der Waals surface area contributed by atoms with Gasteiger partial charge in [0.1, 0.15) is 0 Å². The Labute approximate surface area is 75.3 Å². The predicted octanol–water partition coefficient (Wildman–Crippen LogP) is 2.40. The number of hydrogen-bond donors (Lipinski definition) is 2. The Morgan fingerprint density at radius 1 is 1.33 bits per heavy atom. The van der Waals surface area contributed by atoms with Crippen LogP contribution in [0.4, 0.5) is 0 Å². The molecule has 0 radical (unpaired) electrons. The van der Waals surface area contributed by atoms with Gasteiger partial charge in [-0.15, -0.1) is 0 Å². The first-order valence-electron chi connectivity index (χ1n) is 5.09. The highest BCUT2D eigenvalue weighted by molar-refractivity contribution is 5.79. The molecule has 12 heavy (non-hydrogen) atoms. The van der Waals surface area contributed by atoms with E-state index in [9.17, 15) is 0 Å². The van der Waals surface area contributed by atoms with Crippen LogP contribution in [-0.4, -0.2) is 12.4 Å². The molecule has 2 heteroatoms. The van der Waals surface area contributed by atoms with Crippen LogP contribution in [0.1, 0.15) is 39.5 Å². The molecule has 0 bridgehead atoms. The second kappa shape index (κ2) is 4.48. The van der Waals surface area contributed by atoms with Gasteiger partial charge in [-0.25, -0.2) is 0 Å². The lowest BCUT2D eigenvalue weighted by Crippen LogP contribution is -2.21. The van der Waals surface area contributed by atoms with Crippen molar-refractivity contribution in [3.05, 3.63) is 0 Å². The lowest BCUT2D eigenvalue weighted by Gasteiger charge is -2.21. The van der Waals surface area contributed by atoms with Gasteiger partial charge in [-0.05, 0) is 18.3 Å². The highest BCUT2D eigenvalue weighted by Crippen LogP contribution is 2.27. The second-order valence-electron chi connectivity index (χ2n) is 3.73. The third kappa shape index (κ3) is 2.23. The molecule has 1 rings (SSSR count). The molecule has 1 fully saturated rings. The zero-order chi connectivity index (χ0) is 8.97. The molecule has 0 aromatic rings. The van der Waals surface area contributed by atoms with E-state index in [1.807, 2.05) is 0 Å². The average molecular weight is 168 g/mol. The molecule has 1 aliphatic rings. The van der Waals surface area contributed by atoms with Crippen LogP contribution in [0, 0.1) is 17.2 Å². The minimum absolute atomic E-state index is 0.748. The fraction of sp³-hybridized carbons (Fsp3) is 0.900. The fourth-order valence-corrected chi connectivity index (χ4v) is 2.16. The zero-order valence-corrected chi connectivity index (χ0v) is 8.19. The van der Waals surface area contributed by atoms with Crippen LogP contribution in [0.2, 0.25) is 0 Å². The van der Waals surface area contributed by atoms with Crippen molar-refractivity contribution in [2.45, 2.75) is 39.5 Å². The molecule has 1 saturated heterocycles. The number of hydrogen-bond acceptors (Lipinski definition) is 1.